The SMILES string of the molecule is Cn1cc(CCNCc2cc(Br)ccc2Cl)cn1. The van der Waals surface area contributed by atoms with Crippen LogP contribution in [0.2, 0.25) is 5.02 Å². The molecular weight excluding hydrogens is 314 g/mol. The largest absolute Gasteiger partial charge is 0.312 e. The number of benzene rings is 1. The molecule has 1 aromatic heterocycles. The zero-order valence-electron chi connectivity index (χ0n) is 10.2. The zero-order valence-corrected chi connectivity index (χ0v) is 12.5. The van der Waals surface area contributed by atoms with E-state index in [4.69, 9.17) is 11.6 Å². The Morgan fingerprint density at radius 3 is 3.00 bits per heavy atom. The molecule has 2 aromatic rings. The average molecular weight is 329 g/mol. The minimum absolute atomic E-state index is 0.776. The summed E-state index contributed by atoms with van der Waals surface area (Å²) in [7, 11) is 1.93. The van der Waals surface area contributed by atoms with Gasteiger partial charge >= 0.3 is 0 Å². The monoisotopic (exact) mass is 327 g/mol. The second kappa shape index (κ2) is 6.36. The average Bonchev–Trinajstić information content (AvgIpc) is 2.75. The van der Waals surface area contributed by atoms with E-state index < -0.39 is 0 Å². The number of nitrogens with zero attached hydrogens (tertiary/aromatic N) is 2. The molecule has 2 rings (SSSR count). The molecule has 1 heterocycles. The van der Waals surface area contributed by atoms with Crippen LogP contribution in [0.5, 0.6) is 0 Å². The molecule has 0 saturated heterocycles. The fourth-order valence-corrected chi connectivity index (χ4v) is 2.33. The highest BCUT2D eigenvalue weighted by atomic mass is 79.9. The van der Waals surface area contributed by atoms with Crippen molar-refractivity contribution in [1.29, 1.82) is 0 Å². The van der Waals surface area contributed by atoms with Gasteiger partial charge in [-0.1, -0.05) is 27.5 Å². The van der Waals surface area contributed by atoms with Crippen LogP contribution in [-0.4, -0.2) is 16.3 Å². The van der Waals surface area contributed by atoms with E-state index in [-0.39, 0.29) is 0 Å². The smallest absolute Gasteiger partial charge is 0.0522 e. The summed E-state index contributed by atoms with van der Waals surface area (Å²) in [6, 6.07) is 5.89. The Morgan fingerprint density at radius 1 is 1.44 bits per heavy atom. The van der Waals surface area contributed by atoms with E-state index in [1.807, 2.05) is 42.3 Å². The standard InChI is InChI=1S/C13H15BrClN3/c1-18-9-10(7-17-18)4-5-16-8-11-6-12(14)2-3-13(11)15/h2-3,6-7,9,16H,4-5,8H2,1H3. The van der Waals surface area contributed by atoms with Crippen molar-refractivity contribution in [1.82, 2.24) is 15.1 Å². The first kappa shape index (κ1) is 13.6. The molecule has 0 amide bonds. The van der Waals surface area contributed by atoms with Crippen LogP contribution in [0.25, 0.3) is 0 Å². The van der Waals surface area contributed by atoms with E-state index in [0.717, 1.165) is 34.6 Å². The van der Waals surface area contributed by atoms with Crippen molar-refractivity contribution in [2.24, 2.45) is 7.05 Å². The van der Waals surface area contributed by atoms with Crippen LogP contribution in [0.15, 0.2) is 35.1 Å². The molecule has 0 fully saturated rings. The maximum absolute atomic E-state index is 6.12. The lowest BCUT2D eigenvalue weighted by Crippen LogP contribution is -2.16. The summed E-state index contributed by atoms with van der Waals surface area (Å²) in [5.74, 6) is 0. The number of aromatic nitrogens is 2. The molecule has 0 aliphatic heterocycles. The van der Waals surface area contributed by atoms with Crippen LogP contribution in [0.1, 0.15) is 11.1 Å². The highest BCUT2D eigenvalue weighted by Crippen LogP contribution is 2.20. The second-order valence-corrected chi connectivity index (χ2v) is 5.51. The third-order valence-corrected chi connectivity index (χ3v) is 3.53. The molecule has 0 atom stereocenters. The highest BCUT2D eigenvalue weighted by molar-refractivity contribution is 9.10. The number of hydrogen-bond donors (Lipinski definition) is 1. The summed E-state index contributed by atoms with van der Waals surface area (Å²) in [5, 5.41) is 8.32. The maximum atomic E-state index is 6.12. The summed E-state index contributed by atoms with van der Waals surface area (Å²) < 4.78 is 2.87. The predicted octanol–water partition coefficient (Wildman–Crippen LogP) is 3.17. The van der Waals surface area contributed by atoms with E-state index in [9.17, 15) is 0 Å². The topological polar surface area (TPSA) is 29.9 Å². The lowest BCUT2D eigenvalue weighted by Gasteiger charge is -2.06. The Labute approximate surface area is 120 Å². The summed E-state index contributed by atoms with van der Waals surface area (Å²) in [6.45, 7) is 1.69. The Hall–Kier alpha value is -0.840. The van der Waals surface area contributed by atoms with Crippen molar-refractivity contribution in [3.63, 3.8) is 0 Å². The molecule has 1 aromatic carbocycles. The minimum atomic E-state index is 0.776. The molecule has 0 spiro atoms. The summed E-state index contributed by atoms with van der Waals surface area (Å²) in [4.78, 5) is 0. The van der Waals surface area contributed by atoms with Crippen LogP contribution in [0, 0.1) is 0 Å². The predicted molar refractivity (Wildman–Crippen MR) is 77.8 cm³/mol. The summed E-state index contributed by atoms with van der Waals surface area (Å²) in [6.07, 6.45) is 4.90. The minimum Gasteiger partial charge on any atom is -0.312 e. The van der Waals surface area contributed by atoms with Crippen molar-refractivity contribution < 1.29 is 0 Å². The molecule has 3 nitrogen and oxygen atoms in total. The van der Waals surface area contributed by atoms with Crippen molar-refractivity contribution in [2.45, 2.75) is 13.0 Å². The van der Waals surface area contributed by atoms with Gasteiger partial charge in [-0.2, -0.15) is 5.10 Å². The maximum Gasteiger partial charge on any atom is 0.0522 e. The molecule has 0 aliphatic rings. The van der Waals surface area contributed by atoms with Gasteiger partial charge in [-0.25, -0.2) is 0 Å². The summed E-state index contributed by atoms with van der Waals surface area (Å²) >= 11 is 9.57. The van der Waals surface area contributed by atoms with Crippen LogP contribution in [0.3, 0.4) is 0 Å². The number of hydrogen-bond acceptors (Lipinski definition) is 2. The number of aryl methyl sites for hydroxylation is 1. The van der Waals surface area contributed by atoms with Gasteiger partial charge < -0.3 is 5.32 Å². The molecule has 96 valence electrons. The van der Waals surface area contributed by atoms with E-state index >= 15 is 0 Å². The van der Waals surface area contributed by atoms with E-state index in [1.54, 1.807) is 0 Å². The van der Waals surface area contributed by atoms with Gasteiger partial charge in [0, 0.05) is 29.3 Å². The van der Waals surface area contributed by atoms with Crippen molar-refractivity contribution in [3.8, 4) is 0 Å². The van der Waals surface area contributed by atoms with E-state index in [0.29, 0.717) is 0 Å². The normalized spacial score (nSPS) is 10.8. The van der Waals surface area contributed by atoms with E-state index in [1.165, 1.54) is 5.56 Å². The van der Waals surface area contributed by atoms with Gasteiger partial charge in [-0.15, -0.1) is 0 Å². The molecule has 0 unspecified atom stereocenters. The number of nitrogens with one attached hydrogen (secondary N) is 1. The fraction of sp³-hybridized carbons (Fsp3) is 0.308. The number of rotatable bonds is 5. The Bertz CT molecular complexity index is 525. The molecule has 5 heteroatoms. The summed E-state index contributed by atoms with van der Waals surface area (Å²) in [5.41, 5.74) is 2.35. The third kappa shape index (κ3) is 3.83. The molecule has 0 bridgehead atoms. The molecular formula is C13H15BrClN3. The van der Waals surface area contributed by atoms with Crippen LogP contribution in [-0.2, 0) is 20.0 Å². The second-order valence-electron chi connectivity index (χ2n) is 4.18. The van der Waals surface area contributed by atoms with Crippen molar-refractivity contribution in [3.05, 3.63) is 51.2 Å². The molecule has 0 radical (unpaired) electrons. The van der Waals surface area contributed by atoms with Crippen LogP contribution < -0.4 is 5.32 Å². The van der Waals surface area contributed by atoms with Crippen molar-refractivity contribution >= 4 is 27.5 Å². The molecule has 0 saturated carbocycles. The van der Waals surface area contributed by atoms with Gasteiger partial charge in [-0.05, 0) is 42.3 Å². The lowest BCUT2D eigenvalue weighted by molar-refractivity contribution is 0.686. The Balaban J connectivity index is 1.80. The zero-order chi connectivity index (χ0) is 13.0. The first-order valence-corrected chi connectivity index (χ1v) is 6.94. The van der Waals surface area contributed by atoms with E-state index in [2.05, 4.69) is 26.3 Å². The Kier molecular flexibility index (Phi) is 4.80. The van der Waals surface area contributed by atoms with Crippen molar-refractivity contribution in [2.75, 3.05) is 6.54 Å². The first-order chi connectivity index (χ1) is 8.65. The van der Waals surface area contributed by atoms with Gasteiger partial charge in [0.2, 0.25) is 0 Å². The van der Waals surface area contributed by atoms with Gasteiger partial charge in [0.1, 0.15) is 0 Å². The van der Waals surface area contributed by atoms with Gasteiger partial charge in [-0.3, -0.25) is 4.68 Å². The molecule has 0 aliphatic carbocycles. The lowest BCUT2D eigenvalue weighted by atomic mass is 10.2. The van der Waals surface area contributed by atoms with Gasteiger partial charge in [0.05, 0.1) is 6.20 Å². The molecule has 18 heavy (non-hydrogen) atoms. The first-order valence-electron chi connectivity index (χ1n) is 5.77. The Morgan fingerprint density at radius 2 is 2.28 bits per heavy atom. The fourth-order valence-electron chi connectivity index (χ4n) is 1.74. The van der Waals surface area contributed by atoms with Gasteiger partial charge in [0.15, 0.2) is 0 Å². The van der Waals surface area contributed by atoms with Gasteiger partial charge in [0.25, 0.3) is 0 Å². The highest BCUT2D eigenvalue weighted by Gasteiger charge is 2.01. The quantitative estimate of drug-likeness (QED) is 0.854. The van der Waals surface area contributed by atoms with Crippen LogP contribution >= 0.6 is 27.5 Å². The third-order valence-electron chi connectivity index (χ3n) is 2.67. The molecule has 1 N–H and O–H groups in total. The van der Waals surface area contributed by atoms with Crippen LogP contribution in [0.4, 0.5) is 0 Å². The number of halogens is 2.